The summed E-state index contributed by atoms with van der Waals surface area (Å²) in [5.74, 6) is -1.39. The highest BCUT2D eigenvalue weighted by Gasteiger charge is 2.31. The van der Waals surface area contributed by atoms with Gasteiger partial charge in [-0.25, -0.2) is 4.39 Å². The Morgan fingerprint density at radius 2 is 1.74 bits per heavy atom. The molecule has 3 rings (SSSR count). The van der Waals surface area contributed by atoms with E-state index in [1.807, 2.05) is 37.3 Å². The van der Waals surface area contributed by atoms with E-state index in [1.54, 1.807) is 24.3 Å². The fourth-order valence-corrected chi connectivity index (χ4v) is 4.01. The van der Waals surface area contributed by atoms with E-state index in [-0.39, 0.29) is 24.6 Å². The highest BCUT2D eigenvalue weighted by atomic mass is 35.5. The summed E-state index contributed by atoms with van der Waals surface area (Å²) >= 11 is 12.4. The van der Waals surface area contributed by atoms with Gasteiger partial charge in [-0.15, -0.1) is 0 Å². The maximum atomic E-state index is 14.0. The average molecular weight is 517 g/mol. The maximum Gasteiger partial charge on any atom is 0.261 e. The number of hydrogen-bond donors (Lipinski definition) is 1. The van der Waals surface area contributed by atoms with E-state index in [2.05, 4.69) is 5.32 Å². The average Bonchev–Trinajstić information content (AvgIpc) is 2.85. The molecule has 0 aliphatic carbocycles. The van der Waals surface area contributed by atoms with E-state index in [9.17, 15) is 14.0 Å². The molecule has 2 amide bonds. The molecule has 3 aromatic rings. The molecule has 184 valence electrons. The molecule has 0 saturated heterocycles. The summed E-state index contributed by atoms with van der Waals surface area (Å²) in [7, 11) is 0. The zero-order valence-electron chi connectivity index (χ0n) is 19.3. The summed E-state index contributed by atoms with van der Waals surface area (Å²) in [4.78, 5) is 28.1. The van der Waals surface area contributed by atoms with Gasteiger partial charge >= 0.3 is 0 Å². The first-order valence-electron chi connectivity index (χ1n) is 11.3. The number of hydrogen-bond acceptors (Lipinski definition) is 3. The molecule has 0 bridgehead atoms. The van der Waals surface area contributed by atoms with Gasteiger partial charge < -0.3 is 15.0 Å². The van der Waals surface area contributed by atoms with Crippen molar-refractivity contribution in [2.45, 2.75) is 32.4 Å². The Bertz CT molecular complexity index is 1140. The van der Waals surface area contributed by atoms with Crippen LogP contribution in [0, 0.1) is 5.82 Å². The Labute approximate surface area is 214 Å². The van der Waals surface area contributed by atoms with Gasteiger partial charge in [-0.2, -0.15) is 0 Å². The van der Waals surface area contributed by atoms with Crippen molar-refractivity contribution >= 4 is 35.0 Å². The van der Waals surface area contributed by atoms with Gasteiger partial charge in [0.1, 0.15) is 6.04 Å². The lowest BCUT2D eigenvalue weighted by molar-refractivity contribution is -0.142. The standard InChI is InChI=1S/C27H27Cl2FN2O3/c1-2-14-31-27(34)24(15-19-8-4-3-5-9-19)32(17-20-12-13-21(28)16-22(20)29)26(33)18-35-25-11-7-6-10-23(25)30/h3-13,16,24H,2,14-15,17-18H2,1H3,(H,31,34). The molecule has 0 fully saturated rings. The number of rotatable bonds is 11. The zero-order chi connectivity index (χ0) is 25.2. The number of nitrogens with one attached hydrogen (secondary N) is 1. The molecule has 1 unspecified atom stereocenters. The number of nitrogens with zero attached hydrogens (tertiary/aromatic N) is 1. The normalized spacial score (nSPS) is 11.5. The quantitative estimate of drug-likeness (QED) is 0.356. The van der Waals surface area contributed by atoms with Crippen LogP contribution in [0.2, 0.25) is 10.0 Å². The van der Waals surface area contributed by atoms with E-state index in [0.717, 1.165) is 12.0 Å². The van der Waals surface area contributed by atoms with Crippen LogP contribution >= 0.6 is 23.2 Å². The van der Waals surface area contributed by atoms with Crippen LogP contribution in [0.1, 0.15) is 24.5 Å². The molecule has 0 aromatic heterocycles. The fourth-order valence-electron chi connectivity index (χ4n) is 3.54. The molecular formula is C27H27Cl2FN2O3. The molecule has 0 saturated carbocycles. The summed E-state index contributed by atoms with van der Waals surface area (Å²) in [6.45, 7) is 2.02. The number of amides is 2. The minimum absolute atomic E-state index is 0.0413. The Morgan fingerprint density at radius 1 is 1.03 bits per heavy atom. The first-order valence-corrected chi connectivity index (χ1v) is 12.1. The van der Waals surface area contributed by atoms with Crippen LogP contribution < -0.4 is 10.1 Å². The number of ether oxygens (including phenoxy) is 1. The lowest BCUT2D eigenvalue weighted by Crippen LogP contribution is -2.51. The van der Waals surface area contributed by atoms with E-state index in [1.165, 1.54) is 23.1 Å². The molecule has 0 spiro atoms. The highest BCUT2D eigenvalue weighted by molar-refractivity contribution is 6.35. The van der Waals surface area contributed by atoms with Crippen LogP contribution in [-0.2, 0) is 22.6 Å². The van der Waals surface area contributed by atoms with E-state index < -0.39 is 24.4 Å². The van der Waals surface area contributed by atoms with Gasteiger partial charge in [-0.1, -0.05) is 78.7 Å². The van der Waals surface area contributed by atoms with Crippen molar-refractivity contribution in [1.29, 1.82) is 0 Å². The minimum atomic E-state index is -0.840. The molecule has 3 aromatic carbocycles. The van der Waals surface area contributed by atoms with E-state index >= 15 is 0 Å². The predicted octanol–water partition coefficient (Wildman–Crippen LogP) is 5.68. The summed E-state index contributed by atoms with van der Waals surface area (Å²) in [5.41, 5.74) is 1.51. The van der Waals surface area contributed by atoms with Crippen LogP contribution in [0.4, 0.5) is 4.39 Å². The molecule has 0 heterocycles. The molecule has 35 heavy (non-hydrogen) atoms. The fraction of sp³-hybridized carbons (Fsp3) is 0.259. The van der Waals surface area contributed by atoms with E-state index in [4.69, 9.17) is 27.9 Å². The third-order valence-corrected chi connectivity index (χ3v) is 5.95. The Morgan fingerprint density at radius 3 is 2.43 bits per heavy atom. The third kappa shape index (κ3) is 7.70. The summed E-state index contributed by atoms with van der Waals surface area (Å²) in [6.07, 6.45) is 1.03. The summed E-state index contributed by atoms with van der Waals surface area (Å²) < 4.78 is 19.5. The summed E-state index contributed by atoms with van der Waals surface area (Å²) in [5, 5.41) is 3.72. The minimum Gasteiger partial charge on any atom is -0.481 e. The third-order valence-electron chi connectivity index (χ3n) is 5.36. The van der Waals surface area contributed by atoms with Gasteiger partial charge in [0.05, 0.1) is 0 Å². The summed E-state index contributed by atoms with van der Waals surface area (Å²) in [6, 6.07) is 19.4. The van der Waals surface area contributed by atoms with Gasteiger partial charge in [-0.05, 0) is 41.8 Å². The van der Waals surface area contributed by atoms with Gasteiger partial charge in [0.15, 0.2) is 18.2 Å². The number of carbonyl (C=O) groups excluding carboxylic acids is 2. The number of carbonyl (C=O) groups is 2. The van der Waals surface area contributed by atoms with Gasteiger partial charge in [0.2, 0.25) is 5.91 Å². The van der Waals surface area contributed by atoms with Crippen LogP contribution in [-0.4, -0.2) is 35.9 Å². The largest absolute Gasteiger partial charge is 0.481 e. The predicted molar refractivity (Wildman–Crippen MR) is 136 cm³/mol. The van der Waals surface area contributed by atoms with Crippen molar-refractivity contribution in [2.75, 3.05) is 13.2 Å². The molecular weight excluding hydrogens is 490 g/mol. The van der Waals surface area contributed by atoms with Crippen LogP contribution in [0.25, 0.3) is 0 Å². The van der Waals surface area contributed by atoms with E-state index in [0.29, 0.717) is 22.2 Å². The molecule has 0 aliphatic heterocycles. The zero-order valence-corrected chi connectivity index (χ0v) is 20.9. The lowest BCUT2D eigenvalue weighted by Gasteiger charge is -2.31. The first-order chi connectivity index (χ1) is 16.9. The van der Waals surface area contributed by atoms with Gasteiger partial charge in [0, 0.05) is 29.6 Å². The van der Waals surface area contributed by atoms with Crippen molar-refractivity contribution in [1.82, 2.24) is 10.2 Å². The van der Waals surface area contributed by atoms with Crippen molar-refractivity contribution in [3.8, 4) is 5.75 Å². The Balaban J connectivity index is 1.93. The topological polar surface area (TPSA) is 58.6 Å². The Hall–Kier alpha value is -3.09. The second-order valence-electron chi connectivity index (χ2n) is 7.97. The monoisotopic (exact) mass is 516 g/mol. The first kappa shape index (κ1) is 26.5. The second-order valence-corrected chi connectivity index (χ2v) is 8.82. The van der Waals surface area contributed by atoms with Crippen LogP contribution in [0.15, 0.2) is 72.8 Å². The van der Waals surface area contributed by atoms with Crippen molar-refractivity contribution in [3.63, 3.8) is 0 Å². The molecule has 5 nitrogen and oxygen atoms in total. The highest BCUT2D eigenvalue weighted by Crippen LogP contribution is 2.24. The van der Waals surface area contributed by atoms with Gasteiger partial charge in [0.25, 0.3) is 5.91 Å². The molecule has 1 N–H and O–H groups in total. The SMILES string of the molecule is CCCNC(=O)C(Cc1ccccc1)N(Cc1ccc(Cl)cc1Cl)C(=O)COc1ccccc1F. The Kier molecular flexibility index (Phi) is 9.94. The maximum absolute atomic E-state index is 14.0. The number of halogens is 3. The van der Waals surface area contributed by atoms with Crippen molar-refractivity contribution < 1.29 is 18.7 Å². The number of para-hydroxylation sites is 1. The van der Waals surface area contributed by atoms with Crippen LogP contribution in [0.3, 0.4) is 0 Å². The molecule has 0 aliphatic rings. The van der Waals surface area contributed by atoms with Crippen molar-refractivity contribution in [3.05, 3.63) is 99.8 Å². The lowest BCUT2D eigenvalue weighted by atomic mass is 10.0. The smallest absolute Gasteiger partial charge is 0.261 e. The molecule has 8 heteroatoms. The molecule has 1 atom stereocenters. The van der Waals surface area contributed by atoms with Crippen LogP contribution in [0.5, 0.6) is 5.75 Å². The van der Waals surface area contributed by atoms with Crippen molar-refractivity contribution in [2.24, 2.45) is 0 Å². The number of benzene rings is 3. The second kappa shape index (κ2) is 13.1. The molecule has 0 radical (unpaired) electrons. The van der Waals surface area contributed by atoms with Gasteiger partial charge in [-0.3, -0.25) is 9.59 Å².